The van der Waals surface area contributed by atoms with Crippen molar-refractivity contribution in [2.45, 2.75) is 45.2 Å². The number of pyridine rings is 2. The lowest BCUT2D eigenvalue weighted by atomic mass is 10.0. The molecule has 8 heteroatoms. The second-order valence-electron chi connectivity index (χ2n) is 8.51. The maximum absolute atomic E-state index is 13.6. The molecule has 1 saturated heterocycles. The minimum atomic E-state index is -3.24. The van der Waals surface area contributed by atoms with E-state index < -0.39 is 10.0 Å². The number of carbonyl (C=O) groups is 1. The van der Waals surface area contributed by atoms with Crippen molar-refractivity contribution in [1.82, 2.24) is 19.2 Å². The molecular formula is C25H30N4O3S. The van der Waals surface area contributed by atoms with E-state index in [2.05, 4.69) is 9.97 Å². The van der Waals surface area contributed by atoms with Gasteiger partial charge in [0.2, 0.25) is 10.0 Å². The van der Waals surface area contributed by atoms with Crippen molar-refractivity contribution >= 4 is 26.7 Å². The highest BCUT2D eigenvalue weighted by atomic mass is 32.2. The molecule has 2 aromatic heterocycles. The van der Waals surface area contributed by atoms with Crippen LogP contribution in [0.25, 0.3) is 10.8 Å². The Morgan fingerprint density at radius 3 is 2.55 bits per heavy atom. The molecule has 3 heterocycles. The molecule has 33 heavy (non-hydrogen) atoms. The fourth-order valence-corrected chi connectivity index (χ4v) is 5.97. The van der Waals surface area contributed by atoms with Crippen LogP contribution in [0.2, 0.25) is 0 Å². The Labute approximate surface area is 195 Å². The topological polar surface area (TPSA) is 83.5 Å². The molecule has 0 unspecified atom stereocenters. The Bertz CT molecular complexity index is 1190. The minimum absolute atomic E-state index is 0.0661. The average molecular weight is 467 g/mol. The standard InChI is InChI=1S/C25H30N4O3S/c1-2-3-15-33(31,32)28-13-10-23(11-14-28)29(19-20-7-6-12-26-17-20)25(30)24-16-21-8-4-5-9-22(21)18-27-24/h4-9,12,16-18,23H,2-3,10-11,13-15,19H2,1H3. The predicted molar refractivity (Wildman–Crippen MR) is 129 cm³/mol. The number of hydrogen-bond acceptors (Lipinski definition) is 5. The molecule has 4 rings (SSSR count). The fraction of sp³-hybridized carbons (Fsp3) is 0.400. The van der Waals surface area contributed by atoms with E-state index in [9.17, 15) is 13.2 Å². The van der Waals surface area contributed by atoms with Crippen LogP contribution >= 0.6 is 0 Å². The zero-order valence-corrected chi connectivity index (χ0v) is 19.7. The van der Waals surface area contributed by atoms with E-state index >= 15 is 0 Å². The van der Waals surface area contributed by atoms with Crippen molar-refractivity contribution in [3.8, 4) is 0 Å². The zero-order valence-electron chi connectivity index (χ0n) is 18.9. The molecule has 1 amide bonds. The van der Waals surface area contributed by atoms with Gasteiger partial charge in [-0.2, -0.15) is 0 Å². The lowest BCUT2D eigenvalue weighted by Gasteiger charge is -2.38. The van der Waals surface area contributed by atoms with Crippen LogP contribution in [-0.2, 0) is 16.6 Å². The molecule has 3 aromatic rings. The van der Waals surface area contributed by atoms with Crippen LogP contribution in [0.3, 0.4) is 0 Å². The number of amides is 1. The number of aromatic nitrogens is 2. The Kier molecular flexibility index (Phi) is 7.35. The van der Waals surface area contributed by atoms with Gasteiger partial charge in [0.1, 0.15) is 5.69 Å². The van der Waals surface area contributed by atoms with E-state index in [1.54, 1.807) is 22.9 Å². The van der Waals surface area contributed by atoms with E-state index in [4.69, 9.17) is 0 Å². The fourth-order valence-electron chi connectivity index (χ4n) is 4.29. The minimum Gasteiger partial charge on any atom is -0.330 e. The number of nitrogens with zero attached hydrogens (tertiary/aromatic N) is 4. The van der Waals surface area contributed by atoms with Crippen molar-refractivity contribution in [1.29, 1.82) is 0 Å². The van der Waals surface area contributed by atoms with E-state index in [1.807, 2.05) is 54.3 Å². The van der Waals surface area contributed by atoms with Crippen molar-refractivity contribution in [3.05, 3.63) is 72.3 Å². The van der Waals surface area contributed by atoms with Gasteiger partial charge in [0.25, 0.3) is 5.91 Å². The highest BCUT2D eigenvalue weighted by Gasteiger charge is 2.33. The molecule has 1 aliphatic heterocycles. The highest BCUT2D eigenvalue weighted by molar-refractivity contribution is 7.89. The largest absolute Gasteiger partial charge is 0.330 e. The lowest BCUT2D eigenvalue weighted by Crippen LogP contribution is -2.49. The number of carbonyl (C=O) groups excluding carboxylic acids is 1. The molecular weight excluding hydrogens is 436 g/mol. The van der Waals surface area contributed by atoms with Gasteiger partial charge in [0.15, 0.2) is 0 Å². The van der Waals surface area contributed by atoms with Crippen molar-refractivity contribution in [3.63, 3.8) is 0 Å². The van der Waals surface area contributed by atoms with Crippen LogP contribution in [0.15, 0.2) is 61.1 Å². The summed E-state index contributed by atoms with van der Waals surface area (Å²) in [6, 6.07) is 13.4. The summed E-state index contributed by atoms with van der Waals surface area (Å²) in [4.78, 5) is 24.1. The third-order valence-electron chi connectivity index (χ3n) is 6.20. The van der Waals surface area contributed by atoms with Gasteiger partial charge in [0.05, 0.1) is 5.75 Å². The molecule has 1 fully saturated rings. The summed E-state index contributed by atoms with van der Waals surface area (Å²) in [5.41, 5.74) is 1.33. The second-order valence-corrected chi connectivity index (χ2v) is 10.6. The zero-order chi connectivity index (χ0) is 23.3. The maximum atomic E-state index is 13.6. The molecule has 0 saturated carbocycles. The first kappa shape index (κ1) is 23.3. The number of rotatable bonds is 8. The van der Waals surface area contributed by atoms with Gasteiger partial charge in [-0.15, -0.1) is 0 Å². The number of benzene rings is 1. The number of hydrogen-bond donors (Lipinski definition) is 0. The van der Waals surface area contributed by atoms with Crippen LogP contribution in [-0.4, -0.2) is 58.4 Å². The first-order valence-electron chi connectivity index (χ1n) is 11.5. The highest BCUT2D eigenvalue weighted by Crippen LogP contribution is 2.24. The first-order valence-corrected chi connectivity index (χ1v) is 13.1. The first-order chi connectivity index (χ1) is 16.0. The van der Waals surface area contributed by atoms with Crippen LogP contribution in [0.1, 0.15) is 48.7 Å². The quantitative estimate of drug-likeness (QED) is 0.503. The molecule has 0 spiro atoms. The Balaban J connectivity index is 1.55. The summed E-state index contributed by atoms with van der Waals surface area (Å²) in [7, 11) is -3.24. The molecule has 1 aromatic carbocycles. The van der Waals surface area contributed by atoms with Gasteiger partial charge in [-0.3, -0.25) is 14.8 Å². The van der Waals surface area contributed by atoms with Crippen molar-refractivity contribution in [2.75, 3.05) is 18.8 Å². The van der Waals surface area contributed by atoms with E-state index in [1.165, 1.54) is 0 Å². The summed E-state index contributed by atoms with van der Waals surface area (Å²) >= 11 is 0. The van der Waals surface area contributed by atoms with E-state index in [0.29, 0.717) is 44.6 Å². The van der Waals surface area contributed by atoms with Crippen LogP contribution < -0.4 is 0 Å². The number of sulfonamides is 1. The van der Waals surface area contributed by atoms with E-state index in [0.717, 1.165) is 22.8 Å². The normalized spacial score (nSPS) is 15.5. The van der Waals surface area contributed by atoms with Gasteiger partial charge >= 0.3 is 0 Å². The van der Waals surface area contributed by atoms with Crippen LogP contribution in [0.4, 0.5) is 0 Å². The van der Waals surface area contributed by atoms with Gasteiger partial charge in [-0.25, -0.2) is 12.7 Å². The Hall–Kier alpha value is -2.84. The van der Waals surface area contributed by atoms with Crippen LogP contribution in [0.5, 0.6) is 0 Å². The van der Waals surface area contributed by atoms with Crippen LogP contribution in [0, 0.1) is 0 Å². The van der Waals surface area contributed by atoms with E-state index in [-0.39, 0.29) is 17.7 Å². The molecule has 174 valence electrons. The molecule has 7 nitrogen and oxygen atoms in total. The lowest BCUT2D eigenvalue weighted by molar-refractivity contribution is 0.0590. The summed E-state index contributed by atoms with van der Waals surface area (Å²) in [5.74, 6) is 0.0462. The monoisotopic (exact) mass is 466 g/mol. The van der Waals surface area contributed by atoms with Gasteiger partial charge in [0, 0.05) is 49.7 Å². The molecule has 1 aliphatic rings. The summed E-state index contributed by atoms with van der Waals surface area (Å²) in [5, 5.41) is 1.95. The molecule has 0 atom stereocenters. The average Bonchev–Trinajstić information content (AvgIpc) is 2.86. The Morgan fingerprint density at radius 1 is 1.09 bits per heavy atom. The second kappa shape index (κ2) is 10.4. The predicted octanol–water partition coefficient (Wildman–Crippen LogP) is 3.87. The van der Waals surface area contributed by atoms with Gasteiger partial charge in [-0.05, 0) is 42.3 Å². The molecule has 0 N–H and O–H groups in total. The maximum Gasteiger partial charge on any atom is 0.273 e. The van der Waals surface area contributed by atoms with Crippen molar-refractivity contribution < 1.29 is 13.2 Å². The SMILES string of the molecule is CCCCS(=O)(=O)N1CCC(N(Cc2cccnc2)C(=O)c2cc3ccccc3cn2)CC1. The van der Waals surface area contributed by atoms with Crippen molar-refractivity contribution in [2.24, 2.45) is 0 Å². The number of fused-ring (bicyclic) bond motifs is 1. The number of piperidine rings is 1. The smallest absolute Gasteiger partial charge is 0.273 e. The molecule has 0 radical (unpaired) electrons. The molecule has 0 aliphatic carbocycles. The number of unbranched alkanes of at least 4 members (excludes halogenated alkanes) is 1. The summed E-state index contributed by atoms with van der Waals surface area (Å²) in [6.45, 7) is 3.26. The Morgan fingerprint density at radius 2 is 1.85 bits per heavy atom. The van der Waals surface area contributed by atoms with Gasteiger partial charge in [-0.1, -0.05) is 43.7 Å². The third kappa shape index (κ3) is 5.57. The van der Waals surface area contributed by atoms with Gasteiger partial charge < -0.3 is 4.90 Å². The summed E-state index contributed by atoms with van der Waals surface area (Å²) < 4.78 is 26.8. The third-order valence-corrected chi connectivity index (χ3v) is 8.16. The summed E-state index contributed by atoms with van der Waals surface area (Å²) in [6.07, 6.45) is 7.92. The molecule has 0 bridgehead atoms.